The smallest absolute Gasteiger partial charge is 0.196 e. The van der Waals surface area contributed by atoms with Crippen LogP contribution < -0.4 is 21.3 Å². The number of fused-ring (bicyclic) bond motifs is 2. The van der Waals surface area contributed by atoms with Gasteiger partial charge in [0.15, 0.2) is 11.6 Å². The van der Waals surface area contributed by atoms with Gasteiger partial charge in [-0.25, -0.2) is 4.99 Å². The van der Waals surface area contributed by atoms with Crippen molar-refractivity contribution < 1.29 is 0 Å². The van der Waals surface area contributed by atoms with Crippen LogP contribution in [0.25, 0.3) is 0 Å². The van der Waals surface area contributed by atoms with E-state index in [1.807, 2.05) is 18.2 Å². The molecule has 5 nitrogen and oxygen atoms in total. The number of nitrogens with two attached hydrogens (primary N) is 1. The van der Waals surface area contributed by atoms with Crippen LogP contribution in [-0.4, -0.2) is 24.7 Å². The molecule has 4 aliphatic rings. The predicted molar refractivity (Wildman–Crippen MR) is 112 cm³/mol. The Morgan fingerprint density at radius 3 is 2.56 bits per heavy atom. The Labute approximate surface area is 163 Å². The number of hydrogen-bond donors (Lipinski definition) is 3. The second-order valence-electron chi connectivity index (χ2n) is 9.41. The summed E-state index contributed by atoms with van der Waals surface area (Å²) < 4.78 is 0. The zero-order chi connectivity index (χ0) is 19.4. The molecular weight excluding hydrogens is 334 g/mol. The van der Waals surface area contributed by atoms with Crippen LogP contribution in [0, 0.1) is 23.2 Å². The molecule has 0 saturated heterocycles. The van der Waals surface area contributed by atoms with Crippen molar-refractivity contribution in [3.05, 3.63) is 42.2 Å². The highest BCUT2D eigenvalue weighted by Crippen LogP contribution is 2.60. The molecular formula is C22H33N5. The number of benzene rings is 1. The van der Waals surface area contributed by atoms with Gasteiger partial charge in [0.2, 0.25) is 0 Å². The van der Waals surface area contributed by atoms with Crippen LogP contribution in [0.4, 0.5) is 5.69 Å². The largest absolute Gasteiger partial charge is 0.370 e. The summed E-state index contributed by atoms with van der Waals surface area (Å²) in [5.41, 5.74) is 7.20. The van der Waals surface area contributed by atoms with Gasteiger partial charge in [-0.1, -0.05) is 39.0 Å². The van der Waals surface area contributed by atoms with E-state index >= 15 is 0 Å². The number of rotatable bonds is 4. The van der Waals surface area contributed by atoms with Crippen LogP contribution in [0.3, 0.4) is 0 Å². The molecule has 27 heavy (non-hydrogen) atoms. The molecule has 0 radical (unpaired) electrons. The maximum atomic E-state index is 6.19. The topological polar surface area (TPSA) is 65.7 Å². The minimum Gasteiger partial charge on any atom is -0.370 e. The Balaban J connectivity index is 1.58. The molecule has 5 rings (SSSR count). The minimum absolute atomic E-state index is 0.434. The van der Waals surface area contributed by atoms with Crippen LogP contribution in [0.1, 0.15) is 40.5 Å². The summed E-state index contributed by atoms with van der Waals surface area (Å²) in [6.07, 6.45) is 4.81. The van der Waals surface area contributed by atoms with Gasteiger partial charge in [0.25, 0.3) is 0 Å². The number of nitrogens with one attached hydrogen (secondary N) is 2. The third-order valence-corrected chi connectivity index (χ3v) is 7.42. The van der Waals surface area contributed by atoms with Gasteiger partial charge in [-0.15, -0.1) is 0 Å². The molecule has 3 aliphatic carbocycles. The van der Waals surface area contributed by atoms with E-state index < -0.39 is 5.66 Å². The van der Waals surface area contributed by atoms with E-state index in [1.54, 1.807) is 0 Å². The molecule has 2 bridgehead atoms. The number of anilines is 1. The fourth-order valence-electron chi connectivity index (χ4n) is 5.39. The number of hydrogen-bond acceptors (Lipinski definition) is 5. The van der Waals surface area contributed by atoms with E-state index in [2.05, 4.69) is 68.5 Å². The maximum absolute atomic E-state index is 6.19. The first-order chi connectivity index (χ1) is 12.7. The molecule has 0 amide bonds. The summed E-state index contributed by atoms with van der Waals surface area (Å²) >= 11 is 0. The van der Waals surface area contributed by atoms with Gasteiger partial charge in [0.05, 0.1) is 0 Å². The zero-order valence-electron chi connectivity index (χ0n) is 17.2. The molecule has 3 unspecified atom stereocenters. The molecule has 3 fully saturated rings. The van der Waals surface area contributed by atoms with Crippen molar-refractivity contribution in [2.45, 2.75) is 52.2 Å². The fourth-order valence-corrected chi connectivity index (χ4v) is 5.39. The SMILES string of the molecule is C[C@H]1CC2CC([C@@H]1NC1=CC(C)(N(C)c3ccccc3)N=C(N)N1)C2(C)C. The van der Waals surface area contributed by atoms with Crippen molar-refractivity contribution >= 4 is 11.6 Å². The Kier molecular flexibility index (Phi) is 4.17. The average Bonchev–Trinajstić information content (AvgIpc) is 2.62. The molecule has 146 valence electrons. The zero-order valence-corrected chi connectivity index (χ0v) is 17.2. The second kappa shape index (κ2) is 6.18. The van der Waals surface area contributed by atoms with Crippen molar-refractivity contribution in [3.63, 3.8) is 0 Å². The van der Waals surface area contributed by atoms with Gasteiger partial charge < -0.3 is 21.3 Å². The lowest BCUT2D eigenvalue weighted by Gasteiger charge is -2.62. The molecule has 4 N–H and O–H groups in total. The van der Waals surface area contributed by atoms with Crippen LogP contribution >= 0.6 is 0 Å². The third-order valence-electron chi connectivity index (χ3n) is 7.42. The molecule has 5 heteroatoms. The molecule has 0 aromatic heterocycles. The number of aliphatic imine (C=N–C) groups is 1. The minimum atomic E-state index is -0.533. The van der Waals surface area contributed by atoms with Gasteiger partial charge >= 0.3 is 0 Å². The number of likely N-dealkylation sites (N-methyl/N-ethyl adjacent to an activating group) is 1. The quantitative estimate of drug-likeness (QED) is 0.764. The summed E-state index contributed by atoms with van der Waals surface area (Å²) in [6, 6.07) is 10.8. The number of nitrogens with zero attached hydrogens (tertiary/aromatic N) is 2. The van der Waals surface area contributed by atoms with E-state index in [4.69, 9.17) is 10.7 Å². The van der Waals surface area contributed by atoms with Gasteiger partial charge in [-0.05, 0) is 55.1 Å². The van der Waals surface area contributed by atoms with Crippen molar-refractivity contribution in [2.75, 3.05) is 11.9 Å². The lowest BCUT2D eigenvalue weighted by atomic mass is 9.45. The number of guanidine groups is 1. The normalized spacial score (nSPS) is 36.6. The number of para-hydroxylation sites is 1. The molecule has 0 spiro atoms. The van der Waals surface area contributed by atoms with Crippen molar-refractivity contribution in [1.29, 1.82) is 0 Å². The highest BCUT2D eigenvalue weighted by molar-refractivity contribution is 5.82. The Bertz CT molecular complexity index is 768. The average molecular weight is 368 g/mol. The van der Waals surface area contributed by atoms with Crippen molar-refractivity contribution in [3.8, 4) is 0 Å². The Hall–Kier alpha value is -2.17. The van der Waals surface area contributed by atoms with E-state index in [9.17, 15) is 0 Å². The van der Waals surface area contributed by atoms with Gasteiger partial charge in [-0.3, -0.25) is 0 Å². The standard InChI is InChI=1S/C22H33N5/c1-14-11-15-12-17(21(15,2)3)19(14)24-18-13-22(4,26-20(23)25-18)27(5)16-9-7-6-8-10-16/h6-10,13-15,17,19,24H,11-12H2,1-5H3,(H3,23,25,26)/t14-,15?,17?,19+,22?/m0/s1. The van der Waals surface area contributed by atoms with Crippen LogP contribution in [0.2, 0.25) is 0 Å². The third kappa shape index (κ3) is 2.97. The summed E-state index contributed by atoms with van der Waals surface area (Å²) in [5, 5.41) is 7.07. The second-order valence-corrected chi connectivity index (χ2v) is 9.41. The summed E-state index contributed by atoms with van der Waals surface area (Å²) in [5.74, 6) is 3.70. The van der Waals surface area contributed by atoms with Crippen molar-refractivity contribution in [1.82, 2.24) is 10.6 Å². The highest BCUT2D eigenvalue weighted by Gasteiger charge is 2.56. The van der Waals surface area contributed by atoms with E-state index in [-0.39, 0.29) is 0 Å². The predicted octanol–water partition coefficient (Wildman–Crippen LogP) is 3.26. The van der Waals surface area contributed by atoms with E-state index in [0.717, 1.165) is 17.4 Å². The Morgan fingerprint density at radius 1 is 1.19 bits per heavy atom. The fraction of sp³-hybridized carbons (Fsp3) is 0.591. The van der Waals surface area contributed by atoms with Gasteiger partial charge in [0, 0.05) is 24.9 Å². The first kappa shape index (κ1) is 18.2. The summed E-state index contributed by atoms with van der Waals surface area (Å²) in [4.78, 5) is 6.87. The van der Waals surface area contributed by atoms with E-state index in [0.29, 0.717) is 29.3 Å². The van der Waals surface area contributed by atoms with Crippen molar-refractivity contribution in [2.24, 2.45) is 33.9 Å². The summed E-state index contributed by atoms with van der Waals surface area (Å²) in [7, 11) is 2.06. The van der Waals surface area contributed by atoms with Crippen LogP contribution in [0.15, 0.2) is 47.2 Å². The maximum Gasteiger partial charge on any atom is 0.196 e. The molecule has 1 aliphatic heterocycles. The highest BCUT2D eigenvalue weighted by atomic mass is 15.3. The first-order valence-electron chi connectivity index (χ1n) is 10.1. The van der Waals surface area contributed by atoms with Crippen LogP contribution in [-0.2, 0) is 0 Å². The van der Waals surface area contributed by atoms with Gasteiger partial charge in [0.1, 0.15) is 5.82 Å². The lowest BCUT2D eigenvalue weighted by Crippen LogP contribution is -2.63. The monoisotopic (exact) mass is 367 g/mol. The first-order valence-corrected chi connectivity index (χ1v) is 10.1. The molecule has 5 atom stereocenters. The summed E-state index contributed by atoms with van der Waals surface area (Å²) in [6.45, 7) is 9.33. The lowest BCUT2D eigenvalue weighted by molar-refractivity contribution is -0.108. The molecule has 1 aromatic carbocycles. The molecule has 1 heterocycles. The molecule has 3 saturated carbocycles. The van der Waals surface area contributed by atoms with Crippen LogP contribution in [0.5, 0.6) is 0 Å². The Morgan fingerprint density at radius 2 is 1.89 bits per heavy atom. The van der Waals surface area contributed by atoms with Gasteiger partial charge in [-0.2, -0.15) is 0 Å². The van der Waals surface area contributed by atoms with E-state index in [1.165, 1.54) is 12.8 Å². The molecule has 1 aromatic rings.